The van der Waals surface area contributed by atoms with E-state index in [0.29, 0.717) is 12.3 Å². The van der Waals surface area contributed by atoms with Crippen molar-refractivity contribution < 1.29 is 15.0 Å². The highest BCUT2D eigenvalue weighted by Crippen LogP contribution is 2.22. The summed E-state index contributed by atoms with van der Waals surface area (Å²) in [7, 11) is 4.11. The molecule has 0 unspecified atom stereocenters. The smallest absolute Gasteiger partial charge is 0.253 e. The van der Waals surface area contributed by atoms with Gasteiger partial charge in [0, 0.05) is 18.2 Å². The van der Waals surface area contributed by atoms with Crippen LogP contribution in [-0.4, -0.2) is 57.2 Å². The number of carbonyl (C=O) groups is 1. The summed E-state index contributed by atoms with van der Waals surface area (Å²) in [6, 6.07) is 4.14. The zero-order chi connectivity index (χ0) is 22.3. The lowest BCUT2D eigenvalue weighted by Crippen LogP contribution is -2.42. The van der Waals surface area contributed by atoms with Crippen LogP contribution < -0.4 is 21.4 Å². The Morgan fingerprint density at radius 3 is 2.48 bits per heavy atom. The fourth-order valence-electron chi connectivity index (χ4n) is 4.25. The average Bonchev–Trinajstić information content (AvgIpc) is 2.74. The fraction of sp³-hybridized carbons (Fsp3) is 0.364. The highest BCUT2D eigenvalue weighted by molar-refractivity contribution is 6.06. The van der Waals surface area contributed by atoms with E-state index < -0.39 is 16.6 Å². The summed E-state index contributed by atoms with van der Waals surface area (Å²) in [4.78, 5) is 47.1. The number of aromatic amines is 1. The van der Waals surface area contributed by atoms with Gasteiger partial charge in [0.2, 0.25) is 10.9 Å². The molecule has 1 aromatic heterocycles. The van der Waals surface area contributed by atoms with Crippen molar-refractivity contribution in [2.75, 3.05) is 14.1 Å². The minimum Gasteiger partial charge on any atom is -0.515 e. The van der Waals surface area contributed by atoms with Crippen molar-refractivity contribution in [3.63, 3.8) is 0 Å². The maximum atomic E-state index is 13.0. The molecule has 1 heterocycles. The predicted molar refractivity (Wildman–Crippen MR) is 117 cm³/mol. The number of rotatable bonds is 3. The van der Waals surface area contributed by atoms with E-state index in [2.05, 4.69) is 34.3 Å². The van der Waals surface area contributed by atoms with Gasteiger partial charge >= 0.3 is 0 Å². The van der Waals surface area contributed by atoms with E-state index in [-0.39, 0.29) is 44.8 Å². The molecule has 162 valence electrons. The Bertz CT molecular complexity index is 1340. The number of aromatic nitrogens is 2. The summed E-state index contributed by atoms with van der Waals surface area (Å²) in [5.74, 6) is -0.800. The summed E-state index contributed by atoms with van der Waals surface area (Å²) in [5, 5.41) is 22.3. The number of nitrogens with zero attached hydrogens (tertiary/aromatic N) is 2. The molecule has 1 aliphatic carbocycles. The lowest BCUT2D eigenvalue weighted by Gasteiger charge is -2.33. The number of benzene rings is 2. The Hall–Kier alpha value is -3.46. The van der Waals surface area contributed by atoms with Gasteiger partial charge in [0.1, 0.15) is 22.3 Å². The monoisotopic (exact) mass is 424 g/mol. The van der Waals surface area contributed by atoms with Gasteiger partial charge in [-0.05, 0) is 51.9 Å². The molecule has 4 rings (SSSR count). The zero-order valence-electron chi connectivity index (χ0n) is 17.3. The molecule has 0 radical (unpaired) electrons. The fourth-order valence-corrected chi connectivity index (χ4v) is 4.25. The topological polar surface area (TPSA) is 136 Å². The lowest BCUT2D eigenvalue weighted by molar-refractivity contribution is 0.0917. The second kappa shape index (κ2) is 7.99. The number of carbonyl (C=O) groups excluding carboxylic acids is 1. The summed E-state index contributed by atoms with van der Waals surface area (Å²) < 4.78 is 0. The lowest BCUT2D eigenvalue weighted by atomic mass is 9.90. The molecule has 1 aliphatic rings. The number of phenols is 1. The molecule has 1 amide bonds. The quantitative estimate of drug-likeness (QED) is 0.456. The van der Waals surface area contributed by atoms with Gasteiger partial charge in [-0.3, -0.25) is 14.4 Å². The van der Waals surface area contributed by atoms with Crippen LogP contribution in [0.5, 0.6) is 5.75 Å². The highest BCUT2D eigenvalue weighted by Gasteiger charge is 2.25. The standard InChI is InChI=1S/C22H24N4O5/c1-26(2)12-5-3-11(4-6-12)23-22(31)13-7-8-15(28)20-18(13)24-21-17(30)9-16(29)14(10-27)19(21)25-20/h7-12,24,27,29H,3-6H2,1-2H3,(H,23,31)/b14-10-. The molecule has 1 saturated carbocycles. The number of aliphatic hydroxyl groups excluding tert-OH is 1. The van der Waals surface area contributed by atoms with Gasteiger partial charge < -0.3 is 25.4 Å². The molecular formula is C22H24N4O5. The Morgan fingerprint density at radius 1 is 1.13 bits per heavy atom. The number of phenolic OH excluding ortho intramolecular Hbond substituents is 1. The second-order valence-corrected chi connectivity index (χ2v) is 8.17. The number of nitrogens with one attached hydrogen (secondary N) is 2. The van der Waals surface area contributed by atoms with Crippen molar-refractivity contribution in [3.8, 4) is 5.75 Å². The minimum absolute atomic E-state index is 0.0169. The first-order chi connectivity index (χ1) is 14.8. The highest BCUT2D eigenvalue weighted by atomic mass is 16.3. The summed E-state index contributed by atoms with van der Waals surface area (Å²) in [6.07, 6.45) is 4.31. The third-order valence-electron chi connectivity index (χ3n) is 6.03. The molecule has 1 fully saturated rings. The van der Waals surface area contributed by atoms with Crippen LogP contribution in [0, 0.1) is 0 Å². The number of H-pyrrole nitrogens is 1. The van der Waals surface area contributed by atoms with Crippen LogP contribution in [0.2, 0.25) is 0 Å². The Kier molecular flexibility index (Phi) is 5.36. The van der Waals surface area contributed by atoms with Gasteiger partial charge in [-0.1, -0.05) is 0 Å². The van der Waals surface area contributed by atoms with Gasteiger partial charge in [0.15, 0.2) is 0 Å². The normalized spacial score (nSPS) is 19.9. The average molecular weight is 424 g/mol. The molecule has 0 saturated heterocycles. The van der Waals surface area contributed by atoms with Gasteiger partial charge in [0.25, 0.3) is 5.91 Å². The summed E-state index contributed by atoms with van der Waals surface area (Å²) >= 11 is 0. The molecule has 31 heavy (non-hydrogen) atoms. The van der Waals surface area contributed by atoms with Crippen molar-refractivity contribution >= 4 is 34.2 Å². The third kappa shape index (κ3) is 3.72. The van der Waals surface area contributed by atoms with Crippen LogP contribution in [0.1, 0.15) is 36.0 Å². The minimum atomic E-state index is -0.572. The van der Waals surface area contributed by atoms with E-state index in [0.717, 1.165) is 31.7 Å². The molecule has 9 heteroatoms. The van der Waals surface area contributed by atoms with E-state index in [1.54, 1.807) is 0 Å². The first-order valence-electron chi connectivity index (χ1n) is 10.1. The largest absolute Gasteiger partial charge is 0.515 e. The first kappa shape index (κ1) is 20.8. The number of hydrogen-bond acceptors (Lipinski definition) is 7. The van der Waals surface area contributed by atoms with E-state index in [9.17, 15) is 24.6 Å². The SMILES string of the molecule is CN(C)C1CCC(NC(=O)c2ccc(=O)c3nc4/c(=C\O)c(O)cc(=O)c4[nH]c23)CC1. The maximum Gasteiger partial charge on any atom is 0.253 e. The van der Waals surface area contributed by atoms with Crippen molar-refractivity contribution in [1.82, 2.24) is 20.2 Å². The Morgan fingerprint density at radius 2 is 1.84 bits per heavy atom. The van der Waals surface area contributed by atoms with Gasteiger partial charge in [-0.15, -0.1) is 0 Å². The van der Waals surface area contributed by atoms with Crippen molar-refractivity contribution in [2.24, 2.45) is 0 Å². The van der Waals surface area contributed by atoms with E-state index >= 15 is 0 Å². The molecular weight excluding hydrogens is 400 g/mol. The van der Waals surface area contributed by atoms with Crippen LogP contribution >= 0.6 is 0 Å². The van der Waals surface area contributed by atoms with Gasteiger partial charge in [-0.2, -0.15) is 0 Å². The van der Waals surface area contributed by atoms with Crippen molar-refractivity contribution in [3.05, 3.63) is 49.4 Å². The van der Waals surface area contributed by atoms with Gasteiger partial charge in [0.05, 0.1) is 22.6 Å². The predicted octanol–water partition coefficient (Wildman–Crippen LogP) is 0.760. The number of aliphatic hydroxyl groups is 1. The molecule has 0 spiro atoms. The molecule has 0 bridgehead atoms. The molecule has 3 aromatic rings. The molecule has 0 atom stereocenters. The number of fused-ring (bicyclic) bond motifs is 2. The maximum absolute atomic E-state index is 13.0. The van der Waals surface area contributed by atoms with Crippen LogP contribution in [0.15, 0.2) is 27.8 Å². The molecule has 9 nitrogen and oxygen atoms in total. The first-order valence-corrected chi connectivity index (χ1v) is 10.1. The number of amides is 1. The van der Waals surface area contributed by atoms with E-state index in [1.807, 2.05) is 0 Å². The van der Waals surface area contributed by atoms with E-state index in [1.165, 1.54) is 12.1 Å². The molecule has 2 aromatic carbocycles. The molecule has 4 N–H and O–H groups in total. The number of aromatic hydroxyl groups is 1. The van der Waals surface area contributed by atoms with Crippen LogP contribution in [0.25, 0.3) is 28.3 Å². The van der Waals surface area contributed by atoms with Crippen LogP contribution in [0.3, 0.4) is 0 Å². The van der Waals surface area contributed by atoms with Crippen molar-refractivity contribution in [1.29, 1.82) is 0 Å². The van der Waals surface area contributed by atoms with Gasteiger partial charge in [-0.25, -0.2) is 4.98 Å². The van der Waals surface area contributed by atoms with Crippen molar-refractivity contribution in [2.45, 2.75) is 37.8 Å². The number of hydrogen-bond donors (Lipinski definition) is 4. The zero-order valence-corrected chi connectivity index (χ0v) is 17.3. The summed E-state index contributed by atoms with van der Waals surface area (Å²) in [5.41, 5.74) is -0.780. The van der Waals surface area contributed by atoms with E-state index in [4.69, 9.17) is 0 Å². The Labute approximate surface area is 177 Å². The summed E-state index contributed by atoms with van der Waals surface area (Å²) in [6.45, 7) is 0. The second-order valence-electron chi connectivity index (χ2n) is 8.17. The van der Waals surface area contributed by atoms with Crippen LogP contribution in [0.4, 0.5) is 0 Å². The van der Waals surface area contributed by atoms with Crippen LogP contribution in [-0.2, 0) is 0 Å². The Balaban J connectivity index is 1.76. The molecule has 0 aliphatic heterocycles. The third-order valence-corrected chi connectivity index (χ3v) is 6.03.